The van der Waals surface area contributed by atoms with E-state index in [1.165, 1.54) is 6.07 Å². The van der Waals surface area contributed by atoms with Gasteiger partial charge in [-0.15, -0.1) is 0 Å². The SMILES string of the molecule is CCCCC(CN)Nc1ccc(Cl)cc1[N+](=O)[O-]. The number of anilines is 1. The molecule has 0 spiro atoms. The lowest BCUT2D eigenvalue weighted by Crippen LogP contribution is -2.29. The fourth-order valence-corrected chi connectivity index (χ4v) is 1.86. The number of nitrogens with one attached hydrogen (secondary N) is 1. The Bertz CT molecular complexity index is 412. The summed E-state index contributed by atoms with van der Waals surface area (Å²) in [6.45, 7) is 2.54. The Morgan fingerprint density at radius 3 is 2.83 bits per heavy atom. The van der Waals surface area contributed by atoms with Gasteiger partial charge in [-0.3, -0.25) is 10.1 Å². The summed E-state index contributed by atoms with van der Waals surface area (Å²) in [7, 11) is 0. The van der Waals surface area contributed by atoms with Crippen molar-refractivity contribution in [3.05, 3.63) is 33.3 Å². The molecule has 1 aromatic carbocycles. The molecule has 0 bridgehead atoms. The lowest BCUT2D eigenvalue weighted by molar-refractivity contribution is -0.384. The van der Waals surface area contributed by atoms with Crippen LogP contribution in [-0.2, 0) is 0 Å². The Kier molecular flexibility index (Phi) is 5.88. The van der Waals surface area contributed by atoms with Crippen LogP contribution in [-0.4, -0.2) is 17.5 Å². The largest absolute Gasteiger partial charge is 0.375 e. The smallest absolute Gasteiger partial charge is 0.293 e. The molecule has 0 saturated heterocycles. The number of rotatable bonds is 7. The Labute approximate surface area is 111 Å². The zero-order valence-electron chi connectivity index (χ0n) is 10.4. The predicted octanol–water partition coefficient (Wildman–Crippen LogP) is 3.18. The van der Waals surface area contributed by atoms with Gasteiger partial charge >= 0.3 is 0 Å². The third-order valence-electron chi connectivity index (χ3n) is 2.71. The van der Waals surface area contributed by atoms with Crippen molar-refractivity contribution in [2.24, 2.45) is 5.73 Å². The molecule has 3 N–H and O–H groups in total. The Morgan fingerprint density at radius 2 is 2.28 bits per heavy atom. The first-order chi connectivity index (χ1) is 8.58. The Morgan fingerprint density at radius 1 is 1.56 bits per heavy atom. The van der Waals surface area contributed by atoms with Gasteiger partial charge in [0.1, 0.15) is 5.69 Å². The van der Waals surface area contributed by atoms with Gasteiger partial charge in [-0.05, 0) is 18.6 Å². The first-order valence-corrected chi connectivity index (χ1v) is 6.36. The molecule has 1 atom stereocenters. The number of nitrogens with zero attached hydrogens (tertiary/aromatic N) is 1. The van der Waals surface area contributed by atoms with Gasteiger partial charge in [-0.2, -0.15) is 0 Å². The predicted molar refractivity (Wildman–Crippen MR) is 74.1 cm³/mol. The molecule has 0 heterocycles. The number of hydrogen-bond donors (Lipinski definition) is 2. The van der Waals surface area contributed by atoms with Crippen LogP contribution in [0.5, 0.6) is 0 Å². The van der Waals surface area contributed by atoms with E-state index < -0.39 is 4.92 Å². The topological polar surface area (TPSA) is 81.2 Å². The maximum absolute atomic E-state index is 10.9. The van der Waals surface area contributed by atoms with Gasteiger partial charge in [-0.25, -0.2) is 0 Å². The van der Waals surface area contributed by atoms with E-state index in [0.29, 0.717) is 17.3 Å². The number of nitro groups is 1. The van der Waals surface area contributed by atoms with Crippen LogP contribution < -0.4 is 11.1 Å². The Balaban J connectivity index is 2.84. The second kappa shape index (κ2) is 7.18. The van der Waals surface area contributed by atoms with Crippen LogP contribution >= 0.6 is 11.6 Å². The average molecular weight is 272 g/mol. The molecule has 0 aliphatic heterocycles. The highest BCUT2D eigenvalue weighted by molar-refractivity contribution is 6.30. The van der Waals surface area contributed by atoms with E-state index in [4.69, 9.17) is 17.3 Å². The third-order valence-corrected chi connectivity index (χ3v) is 2.94. The summed E-state index contributed by atoms with van der Waals surface area (Å²) in [5.74, 6) is 0. The van der Waals surface area contributed by atoms with Crippen LogP contribution in [0.3, 0.4) is 0 Å². The van der Waals surface area contributed by atoms with Crippen LogP contribution in [0.2, 0.25) is 5.02 Å². The van der Waals surface area contributed by atoms with Crippen LogP contribution in [0, 0.1) is 10.1 Å². The second-order valence-electron chi connectivity index (χ2n) is 4.14. The highest BCUT2D eigenvalue weighted by Crippen LogP contribution is 2.28. The van der Waals surface area contributed by atoms with Gasteiger partial charge in [0, 0.05) is 23.7 Å². The molecule has 6 heteroatoms. The highest BCUT2D eigenvalue weighted by atomic mass is 35.5. The molecule has 0 amide bonds. The normalized spacial score (nSPS) is 12.2. The molecule has 5 nitrogen and oxygen atoms in total. The number of nitrogens with two attached hydrogens (primary N) is 1. The van der Waals surface area contributed by atoms with Gasteiger partial charge in [-0.1, -0.05) is 31.4 Å². The summed E-state index contributed by atoms with van der Waals surface area (Å²) >= 11 is 5.76. The van der Waals surface area contributed by atoms with Gasteiger partial charge in [0.15, 0.2) is 0 Å². The van der Waals surface area contributed by atoms with Gasteiger partial charge in [0.05, 0.1) is 4.92 Å². The first-order valence-electron chi connectivity index (χ1n) is 5.99. The van der Waals surface area contributed by atoms with Crippen molar-refractivity contribution in [2.75, 3.05) is 11.9 Å². The van der Waals surface area contributed by atoms with Gasteiger partial charge in [0.25, 0.3) is 5.69 Å². The highest BCUT2D eigenvalue weighted by Gasteiger charge is 2.16. The first kappa shape index (κ1) is 14.7. The molecule has 0 aliphatic carbocycles. The van der Waals surface area contributed by atoms with Crippen molar-refractivity contribution in [3.63, 3.8) is 0 Å². The molecule has 100 valence electrons. The summed E-state index contributed by atoms with van der Waals surface area (Å²) in [4.78, 5) is 10.5. The van der Waals surface area contributed by atoms with E-state index in [1.54, 1.807) is 12.1 Å². The van der Waals surface area contributed by atoms with Crippen molar-refractivity contribution in [1.29, 1.82) is 0 Å². The van der Waals surface area contributed by atoms with Crippen molar-refractivity contribution in [2.45, 2.75) is 32.2 Å². The molecule has 18 heavy (non-hydrogen) atoms. The zero-order chi connectivity index (χ0) is 13.5. The fraction of sp³-hybridized carbons (Fsp3) is 0.500. The molecule has 0 fully saturated rings. The quantitative estimate of drug-likeness (QED) is 0.589. The summed E-state index contributed by atoms with van der Waals surface area (Å²) in [5.41, 5.74) is 6.11. The number of nitro benzene ring substituents is 1. The second-order valence-corrected chi connectivity index (χ2v) is 4.57. The van der Waals surface area contributed by atoms with Crippen LogP contribution in [0.25, 0.3) is 0 Å². The number of hydrogen-bond acceptors (Lipinski definition) is 4. The van der Waals surface area contributed by atoms with Crippen molar-refractivity contribution in [3.8, 4) is 0 Å². The number of unbranched alkanes of at least 4 members (excludes halogenated alkanes) is 1. The van der Waals surface area contributed by atoms with E-state index in [-0.39, 0.29) is 11.7 Å². The molecule has 1 rings (SSSR count). The fourth-order valence-electron chi connectivity index (χ4n) is 1.70. The zero-order valence-corrected chi connectivity index (χ0v) is 11.1. The minimum Gasteiger partial charge on any atom is -0.375 e. The molecule has 0 aliphatic rings. The minimum absolute atomic E-state index is 0.0163. The molecular formula is C12H18ClN3O2. The van der Waals surface area contributed by atoms with Crippen molar-refractivity contribution in [1.82, 2.24) is 0 Å². The van der Waals surface area contributed by atoms with E-state index in [2.05, 4.69) is 12.2 Å². The van der Waals surface area contributed by atoms with Crippen molar-refractivity contribution < 1.29 is 4.92 Å². The van der Waals surface area contributed by atoms with Crippen molar-refractivity contribution >= 4 is 23.0 Å². The molecule has 0 radical (unpaired) electrons. The third kappa shape index (κ3) is 4.16. The maximum atomic E-state index is 10.9. The van der Waals surface area contributed by atoms with Gasteiger partial charge < -0.3 is 11.1 Å². The van der Waals surface area contributed by atoms with E-state index >= 15 is 0 Å². The molecule has 1 unspecified atom stereocenters. The van der Waals surface area contributed by atoms with E-state index in [0.717, 1.165) is 19.3 Å². The summed E-state index contributed by atoms with van der Waals surface area (Å²) in [5, 5.41) is 14.4. The standard InChI is InChI=1S/C12H18ClN3O2/c1-2-3-4-10(8-14)15-11-6-5-9(13)7-12(11)16(17)18/h5-7,10,15H,2-4,8,14H2,1H3. The van der Waals surface area contributed by atoms with Crippen LogP contribution in [0.1, 0.15) is 26.2 Å². The minimum atomic E-state index is -0.443. The molecule has 1 aromatic rings. The lowest BCUT2D eigenvalue weighted by Gasteiger charge is -2.17. The van der Waals surface area contributed by atoms with Crippen LogP contribution in [0.15, 0.2) is 18.2 Å². The number of benzene rings is 1. The monoisotopic (exact) mass is 271 g/mol. The number of halogens is 1. The molecule has 0 aromatic heterocycles. The van der Waals surface area contributed by atoms with Gasteiger partial charge in [0.2, 0.25) is 0 Å². The van der Waals surface area contributed by atoms with E-state index in [1.807, 2.05) is 0 Å². The van der Waals surface area contributed by atoms with E-state index in [9.17, 15) is 10.1 Å². The maximum Gasteiger partial charge on any atom is 0.293 e. The summed E-state index contributed by atoms with van der Waals surface area (Å²) in [6.07, 6.45) is 3.00. The summed E-state index contributed by atoms with van der Waals surface area (Å²) in [6, 6.07) is 4.64. The van der Waals surface area contributed by atoms with Crippen LogP contribution in [0.4, 0.5) is 11.4 Å². The molecular weight excluding hydrogens is 254 g/mol. The summed E-state index contributed by atoms with van der Waals surface area (Å²) < 4.78 is 0. The average Bonchev–Trinajstić information content (AvgIpc) is 2.35. The lowest BCUT2D eigenvalue weighted by atomic mass is 10.1. The molecule has 0 saturated carbocycles. The Hall–Kier alpha value is -1.33.